The van der Waals surface area contributed by atoms with E-state index >= 15 is 0 Å². The van der Waals surface area contributed by atoms with Crippen LogP contribution in [0.5, 0.6) is 0 Å². The molecule has 0 atom stereocenters. The summed E-state index contributed by atoms with van der Waals surface area (Å²) in [5.74, 6) is -0.0858. The average molecular weight is 579 g/mol. The van der Waals surface area contributed by atoms with Crippen LogP contribution >= 0.6 is 46.6 Å². The topological polar surface area (TPSA) is 17.1 Å². The zero-order valence-corrected chi connectivity index (χ0v) is 23.3. The SMILES string of the molecule is O=C(c1ccccc1)c1c(Cl)cccc1Sc1ccc([S+](c2ccc(Cl)cc2)c2ccc(Cl)cc2)cc1. The van der Waals surface area contributed by atoms with Gasteiger partial charge in [-0.2, -0.15) is 0 Å². The van der Waals surface area contributed by atoms with Crippen LogP contribution in [-0.2, 0) is 10.9 Å². The van der Waals surface area contributed by atoms with Crippen molar-refractivity contribution in [3.8, 4) is 0 Å². The highest BCUT2D eigenvalue weighted by atomic mass is 35.5. The van der Waals surface area contributed by atoms with E-state index in [1.165, 1.54) is 16.7 Å². The summed E-state index contributed by atoms with van der Waals surface area (Å²) >= 11 is 20.4. The number of hydrogen-bond acceptors (Lipinski definition) is 2. The number of hydrogen-bond donors (Lipinski definition) is 0. The largest absolute Gasteiger partial charge is 0.289 e. The molecule has 5 rings (SSSR count). The number of ketones is 1. The molecule has 37 heavy (non-hydrogen) atoms. The van der Waals surface area contributed by atoms with E-state index in [1.807, 2.05) is 66.7 Å². The Bertz CT molecular complexity index is 1470. The summed E-state index contributed by atoms with van der Waals surface area (Å²) in [7, 11) is -0.328. The van der Waals surface area contributed by atoms with Crippen LogP contribution in [0.2, 0.25) is 15.1 Å². The van der Waals surface area contributed by atoms with Crippen molar-refractivity contribution in [2.24, 2.45) is 0 Å². The number of carbonyl (C=O) groups is 1. The third kappa shape index (κ3) is 6.09. The van der Waals surface area contributed by atoms with Gasteiger partial charge in [-0.15, -0.1) is 0 Å². The van der Waals surface area contributed by atoms with E-state index in [1.54, 1.807) is 6.07 Å². The molecule has 0 amide bonds. The first kappa shape index (κ1) is 26.0. The second-order valence-electron chi connectivity index (χ2n) is 8.10. The van der Waals surface area contributed by atoms with E-state index in [0.717, 1.165) is 19.6 Å². The molecule has 0 unspecified atom stereocenters. The van der Waals surface area contributed by atoms with E-state index in [0.29, 0.717) is 26.2 Å². The molecule has 5 aromatic carbocycles. The van der Waals surface area contributed by atoms with Gasteiger partial charge in [0.2, 0.25) is 0 Å². The van der Waals surface area contributed by atoms with Crippen LogP contribution in [0, 0.1) is 0 Å². The van der Waals surface area contributed by atoms with Crippen molar-refractivity contribution < 1.29 is 4.79 Å². The molecule has 182 valence electrons. The smallest absolute Gasteiger partial charge is 0.195 e. The highest BCUT2D eigenvalue weighted by molar-refractivity contribution is 7.99. The quantitative estimate of drug-likeness (QED) is 0.141. The maximum Gasteiger partial charge on any atom is 0.195 e. The number of benzene rings is 5. The molecule has 0 heterocycles. The Hall–Kier alpha value is -2.66. The molecule has 0 spiro atoms. The Kier molecular flexibility index (Phi) is 8.29. The lowest BCUT2D eigenvalue weighted by atomic mass is 10.0. The van der Waals surface area contributed by atoms with Gasteiger partial charge in [0, 0.05) is 25.4 Å². The fourth-order valence-electron chi connectivity index (χ4n) is 3.86. The first-order valence-corrected chi connectivity index (χ1v) is 14.6. The van der Waals surface area contributed by atoms with E-state index < -0.39 is 0 Å². The van der Waals surface area contributed by atoms with E-state index in [9.17, 15) is 4.79 Å². The van der Waals surface area contributed by atoms with Gasteiger partial charge in [0.1, 0.15) is 0 Å². The van der Waals surface area contributed by atoms with Crippen molar-refractivity contribution >= 4 is 63.2 Å². The number of halogens is 3. The third-order valence-corrected chi connectivity index (χ3v) is 9.74. The summed E-state index contributed by atoms with van der Waals surface area (Å²) < 4.78 is 0. The molecule has 0 aliphatic heterocycles. The van der Waals surface area contributed by atoms with Gasteiger partial charge in [0.05, 0.1) is 21.5 Å². The Morgan fingerprint density at radius 1 is 0.568 bits per heavy atom. The van der Waals surface area contributed by atoms with E-state index in [2.05, 4.69) is 48.5 Å². The summed E-state index contributed by atoms with van der Waals surface area (Å²) in [5, 5.41) is 1.86. The molecule has 6 heteroatoms. The predicted molar refractivity (Wildman–Crippen MR) is 157 cm³/mol. The molecule has 0 N–H and O–H groups in total. The molecule has 0 aliphatic rings. The van der Waals surface area contributed by atoms with Gasteiger partial charge in [0.25, 0.3) is 0 Å². The van der Waals surface area contributed by atoms with Gasteiger partial charge < -0.3 is 0 Å². The van der Waals surface area contributed by atoms with Crippen LogP contribution in [0.1, 0.15) is 15.9 Å². The molecular weight excluding hydrogens is 559 g/mol. The highest BCUT2D eigenvalue weighted by Gasteiger charge is 2.29. The normalized spacial score (nSPS) is 11.0. The van der Waals surface area contributed by atoms with Gasteiger partial charge >= 0.3 is 0 Å². The minimum absolute atomic E-state index is 0.0858. The van der Waals surface area contributed by atoms with Crippen LogP contribution < -0.4 is 0 Å². The molecule has 0 aromatic heterocycles. The summed E-state index contributed by atoms with van der Waals surface area (Å²) in [6, 6.07) is 39.2. The molecule has 0 bridgehead atoms. The zero-order valence-electron chi connectivity index (χ0n) is 19.4. The first-order valence-electron chi connectivity index (χ1n) is 11.4. The molecule has 1 nitrogen and oxygen atoms in total. The van der Waals surface area contributed by atoms with E-state index in [-0.39, 0.29) is 16.7 Å². The van der Waals surface area contributed by atoms with Gasteiger partial charge in [-0.3, -0.25) is 4.79 Å². The van der Waals surface area contributed by atoms with Crippen LogP contribution in [0.4, 0.5) is 0 Å². The lowest BCUT2D eigenvalue weighted by molar-refractivity contribution is 0.103. The minimum atomic E-state index is -0.328. The zero-order chi connectivity index (χ0) is 25.8. The Labute approximate surface area is 238 Å². The van der Waals surface area contributed by atoms with Gasteiger partial charge in [-0.05, 0) is 84.9 Å². The van der Waals surface area contributed by atoms with Crippen molar-refractivity contribution in [1.29, 1.82) is 0 Å². The van der Waals surface area contributed by atoms with Crippen molar-refractivity contribution in [3.63, 3.8) is 0 Å². The molecule has 0 radical (unpaired) electrons. The molecule has 0 fully saturated rings. The summed E-state index contributed by atoms with van der Waals surface area (Å²) in [4.78, 5) is 18.6. The molecular formula is C31H20Cl3OS2+. The standard InChI is InChI=1S/C31H20Cl3OS2/c32-22-9-15-25(16-10-22)37(26-17-11-23(33)12-18-26)27-19-13-24(14-20-27)36-29-8-4-7-28(34)30(29)31(35)21-5-2-1-3-6-21/h1-20H/q+1. The maximum atomic E-state index is 13.3. The van der Waals surface area contributed by atoms with Crippen LogP contribution in [0.25, 0.3) is 0 Å². The lowest BCUT2D eigenvalue weighted by Crippen LogP contribution is -2.05. The monoisotopic (exact) mass is 577 g/mol. The summed E-state index contributed by atoms with van der Waals surface area (Å²) in [6.07, 6.45) is 0. The molecule has 0 saturated heterocycles. The fourth-order valence-corrected chi connectivity index (χ4v) is 7.45. The van der Waals surface area contributed by atoms with Crippen LogP contribution in [0.15, 0.2) is 146 Å². The van der Waals surface area contributed by atoms with Gasteiger partial charge in [-0.25, -0.2) is 0 Å². The van der Waals surface area contributed by atoms with Crippen molar-refractivity contribution in [3.05, 3.63) is 148 Å². The van der Waals surface area contributed by atoms with Crippen LogP contribution in [-0.4, -0.2) is 5.78 Å². The summed E-state index contributed by atoms with van der Waals surface area (Å²) in [5.41, 5.74) is 1.13. The third-order valence-electron chi connectivity index (χ3n) is 5.62. The van der Waals surface area contributed by atoms with E-state index in [4.69, 9.17) is 34.8 Å². The van der Waals surface area contributed by atoms with Crippen molar-refractivity contribution in [2.75, 3.05) is 0 Å². The number of rotatable bonds is 7. The number of carbonyl (C=O) groups excluding carboxylic acids is 1. The molecule has 5 aromatic rings. The second kappa shape index (κ2) is 11.8. The minimum Gasteiger partial charge on any atom is -0.289 e. The maximum absolute atomic E-state index is 13.3. The lowest BCUT2D eigenvalue weighted by Gasteiger charge is -2.12. The van der Waals surface area contributed by atoms with Gasteiger partial charge in [-0.1, -0.05) is 83.0 Å². The molecule has 0 aliphatic carbocycles. The molecule has 0 saturated carbocycles. The van der Waals surface area contributed by atoms with Crippen LogP contribution in [0.3, 0.4) is 0 Å². The first-order chi connectivity index (χ1) is 18.0. The predicted octanol–water partition coefficient (Wildman–Crippen LogP) is 10.1. The fraction of sp³-hybridized carbons (Fsp3) is 0. The Morgan fingerprint density at radius 3 is 1.62 bits per heavy atom. The van der Waals surface area contributed by atoms with Crippen molar-refractivity contribution in [1.82, 2.24) is 0 Å². The second-order valence-corrected chi connectivity index (χ2v) is 12.5. The Morgan fingerprint density at radius 2 is 1.08 bits per heavy atom. The average Bonchev–Trinajstić information content (AvgIpc) is 2.92. The van der Waals surface area contributed by atoms with Gasteiger partial charge in [0.15, 0.2) is 20.5 Å². The summed E-state index contributed by atoms with van der Waals surface area (Å²) in [6.45, 7) is 0. The highest BCUT2D eigenvalue weighted by Crippen LogP contribution is 2.37. The van der Waals surface area contributed by atoms with Crippen molar-refractivity contribution in [2.45, 2.75) is 24.5 Å². The Balaban J connectivity index is 1.47.